The molecule has 0 saturated carbocycles. The number of pyridine rings is 1. The van der Waals surface area contributed by atoms with E-state index < -0.39 is 17.5 Å². The predicted octanol–water partition coefficient (Wildman–Crippen LogP) is 3.42. The van der Waals surface area contributed by atoms with Crippen molar-refractivity contribution >= 4 is 33.3 Å². The van der Waals surface area contributed by atoms with Gasteiger partial charge in [-0.05, 0) is 40.2 Å². The molecule has 0 spiro atoms. The number of carbonyl (C=O) groups is 1. The van der Waals surface area contributed by atoms with Crippen molar-refractivity contribution in [1.82, 2.24) is 4.98 Å². The van der Waals surface area contributed by atoms with Gasteiger partial charge in [-0.15, -0.1) is 0 Å². The summed E-state index contributed by atoms with van der Waals surface area (Å²) in [5.74, 6) is -1.35. The van der Waals surface area contributed by atoms with Crippen LogP contribution >= 0.6 is 15.9 Å². The second-order valence-corrected chi connectivity index (χ2v) is 4.73. The predicted molar refractivity (Wildman–Crippen MR) is 75.8 cm³/mol. The first kappa shape index (κ1) is 14.4. The van der Waals surface area contributed by atoms with Crippen molar-refractivity contribution in [2.75, 3.05) is 17.7 Å². The number of hydrogen-bond donors (Lipinski definition) is 2. The summed E-state index contributed by atoms with van der Waals surface area (Å²) in [6.45, 7) is 0. The largest absolute Gasteiger partial charge is 0.372 e. The molecule has 0 unspecified atom stereocenters. The summed E-state index contributed by atoms with van der Waals surface area (Å²) in [7, 11) is 1.57. The molecule has 104 valence electrons. The molecule has 1 aromatic heterocycles. The topological polar surface area (TPSA) is 54.0 Å². The minimum absolute atomic E-state index is 0.0590. The summed E-state index contributed by atoms with van der Waals surface area (Å²) in [6, 6.07) is 4.91. The first-order valence-corrected chi connectivity index (χ1v) is 6.40. The van der Waals surface area contributed by atoms with Crippen molar-refractivity contribution in [2.45, 2.75) is 0 Å². The minimum Gasteiger partial charge on any atom is -0.372 e. The number of hydrogen-bond acceptors (Lipinski definition) is 3. The maximum Gasteiger partial charge on any atom is 0.259 e. The first-order chi connectivity index (χ1) is 9.51. The quantitative estimate of drug-likeness (QED) is 0.899. The molecule has 0 saturated heterocycles. The average Bonchev–Trinajstić information content (AvgIpc) is 2.41. The zero-order valence-electron chi connectivity index (χ0n) is 10.4. The number of aromatic nitrogens is 1. The molecule has 0 fully saturated rings. The number of rotatable bonds is 3. The van der Waals surface area contributed by atoms with Crippen LogP contribution in [-0.4, -0.2) is 17.9 Å². The standard InChI is InChI=1S/C13H10BrF2N3O/c1-17-12-9(4-8(16)6-18-12)13(20)19-11-3-2-7(15)5-10(11)14/h2-6H,1H3,(H,17,18)(H,19,20). The third-order valence-electron chi connectivity index (χ3n) is 2.52. The van der Waals surface area contributed by atoms with Gasteiger partial charge in [0.15, 0.2) is 0 Å². The van der Waals surface area contributed by atoms with Crippen molar-refractivity contribution in [3.63, 3.8) is 0 Å². The summed E-state index contributed by atoms with van der Waals surface area (Å²) in [6.07, 6.45) is 1.01. The molecule has 0 bridgehead atoms. The Morgan fingerprint density at radius 3 is 2.65 bits per heavy atom. The van der Waals surface area contributed by atoms with Crippen LogP contribution in [0.25, 0.3) is 0 Å². The van der Waals surface area contributed by atoms with Gasteiger partial charge in [0, 0.05) is 11.5 Å². The van der Waals surface area contributed by atoms with Crippen LogP contribution in [-0.2, 0) is 0 Å². The molecule has 1 heterocycles. The van der Waals surface area contributed by atoms with Crippen molar-refractivity contribution < 1.29 is 13.6 Å². The highest BCUT2D eigenvalue weighted by molar-refractivity contribution is 9.10. The van der Waals surface area contributed by atoms with Crippen LogP contribution in [0.4, 0.5) is 20.3 Å². The lowest BCUT2D eigenvalue weighted by atomic mass is 10.2. The zero-order valence-corrected chi connectivity index (χ0v) is 12.0. The van der Waals surface area contributed by atoms with Crippen LogP contribution in [0.1, 0.15) is 10.4 Å². The van der Waals surface area contributed by atoms with E-state index in [4.69, 9.17) is 0 Å². The summed E-state index contributed by atoms with van der Waals surface area (Å²) in [5, 5.41) is 5.26. The van der Waals surface area contributed by atoms with E-state index in [9.17, 15) is 13.6 Å². The van der Waals surface area contributed by atoms with Gasteiger partial charge in [0.25, 0.3) is 5.91 Å². The summed E-state index contributed by atoms with van der Waals surface area (Å²) in [5.41, 5.74) is 0.437. The number of nitrogens with zero attached hydrogens (tertiary/aromatic N) is 1. The number of halogens is 3. The van der Waals surface area contributed by atoms with Gasteiger partial charge in [0.2, 0.25) is 0 Å². The monoisotopic (exact) mass is 341 g/mol. The van der Waals surface area contributed by atoms with Crippen LogP contribution in [0.5, 0.6) is 0 Å². The van der Waals surface area contributed by atoms with Crippen LogP contribution in [0, 0.1) is 11.6 Å². The maximum absolute atomic E-state index is 13.2. The van der Waals surface area contributed by atoms with Gasteiger partial charge in [-0.3, -0.25) is 4.79 Å². The van der Waals surface area contributed by atoms with Gasteiger partial charge < -0.3 is 10.6 Å². The molecule has 2 rings (SSSR count). The van der Waals surface area contributed by atoms with Crippen molar-refractivity contribution in [1.29, 1.82) is 0 Å². The Morgan fingerprint density at radius 1 is 1.25 bits per heavy atom. The molecular weight excluding hydrogens is 332 g/mol. The lowest BCUT2D eigenvalue weighted by Crippen LogP contribution is -2.15. The normalized spacial score (nSPS) is 10.2. The molecule has 2 N–H and O–H groups in total. The molecule has 2 aromatic rings. The van der Waals surface area contributed by atoms with E-state index in [0.29, 0.717) is 10.2 Å². The number of benzene rings is 1. The van der Waals surface area contributed by atoms with Gasteiger partial charge in [0.05, 0.1) is 17.4 Å². The van der Waals surface area contributed by atoms with E-state index in [1.165, 1.54) is 18.2 Å². The highest BCUT2D eigenvalue weighted by Crippen LogP contribution is 2.24. The average molecular weight is 342 g/mol. The van der Waals surface area contributed by atoms with Gasteiger partial charge in [0.1, 0.15) is 17.5 Å². The van der Waals surface area contributed by atoms with Crippen LogP contribution < -0.4 is 10.6 Å². The second-order valence-electron chi connectivity index (χ2n) is 3.88. The zero-order chi connectivity index (χ0) is 14.7. The van der Waals surface area contributed by atoms with E-state index in [2.05, 4.69) is 31.5 Å². The lowest BCUT2D eigenvalue weighted by molar-refractivity contribution is 0.102. The third kappa shape index (κ3) is 3.11. The second kappa shape index (κ2) is 5.96. The fraction of sp³-hybridized carbons (Fsp3) is 0.0769. The van der Waals surface area contributed by atoms with Crippen LogP contribution in [0.2, 0.25) is 0 Å². The Bertz CT molecular complexity index is 664. The Hall–Kier alpha value is -2.02. The number of anilines is 2. The Balaban J connectivity index is 2.30. The van der Waals surface area contributed by atoms with Crippen molar-refractivity contribution in [3.05, 3.63) is 52.1 Å². The molecule has 1 aromatic carbocycles. The van der Waals surface area contributed by atoms with Gasteiger partial charge in [-0.25, -0.2) is 13.8 Å². The fourth-order valence-electron chi connectivity index (χ4n) is 1.59. The van der Waals surface area contributed by atoms with Gasteiger partial charge in [-0.2, -0.15) is 0 Å². The van der Waals surface area contributed by atoms with E-state index in [1.54, 1.807) is 7.05 Å². The lowest BCUT2D eigenvalue weighted by Gasteiger charge is -2.10. The molecule has 4 nitrogen and oxygen atoms in total. The van der Waals surface area contributed by atoms with Crippen molar-refractivity contribution in [2.24, 2.45) is 0 Å². The Labute approximate surface area is 122 Å². The van der Waals surface area contributed by atoms with E-state index in [0.717, 1.165) is 12.3 Å². The Morgan fingerprint density at radius 2 is 2.00 bits per heavy atom. The van der Waals surface area contributed by atoms with Crippen LogP contribution in [0.3, 0.4) is 0 Å². The SMILES string of the molecule is CNc1ncc(F)cc1C(=O)Nc1ccc(F)cc1Br. The smallest absolute Gasteiger partial charge is 0.259 e. The highest BCUT2D eigenvalue weighted by Gasteiger charge is 2.14. The van der Waals surface area contributed by atoms with Crippen LogP contribution in [0.15, 0.2) is 34.9 Å². The van der Waals surface area contributed by atoms with E-state index >= 15 is 0 Å². The third-order valence-corrected chi connectivity index (χ3v) is 3.17. The highest BCUT2D eigenvalue weighted by atomic mass is 79.9. The fourth-order valence-corrected chi connectivity index (χ4v) is 2.04. The molecular formula is C13H10BrF2N3O. The number of amides is 1. The molecule has 0 radical (unpaired) electrons. The summed E-state index contributed by atoms with van der Waals surface area (Å²) < 4.78 is 26.5. The number of carbonyl (C=O) groups excluding carboxylic acids is 1. The number of nitrogens with one attached hydrogen (secondary N) is 2. The van der Waals surface area contributed by atoms with E-state index in [-0.39, 0.29) is 11.4 Å². The molecule has 7 heteroatoms. The van der Waals surface area contributed by atoms with E-state index in [1.807, 2.05) is 0 Å². The maximum atomic E-state index is 13.2. The Kier molecular flexibility index (Phi) is 4.29. The van der Waals surface area contributed by atoms with Gasteiger partial charge >= 0.3 is 0 Å². The van der Waals surface area contributed by atoms with Gasteiger partial charge in [-0.1, -0.05) is 0 Å². The molecule has 0 atom stereocenters. The van der Waals surface area contributed by atoms with Crippen molar-refractivity contribution in [3.8, 4) is 0 Å². The summed E-state index contributed by atoms with van der Waals surface area (Å²) >= 11 is 3.14. The molecule has 0 aliphatic heterocycles. The minimum atomic E-state index is -0.618. The molecule has 20 heavy (non-hydrogen) atoms. The summed E-state index contributed by atoms with van der Waals surface area (Å²) in [4.78, 5) is 15.9. The molecule has 1 amide bonds. The molecule has 0 aliphatic carbocycles. The molecule has 0 aliphatic rings. The first-order valence-electron chi connectivity index (χ1n) is 5.61.